The van der Waals surface area contributed by atoms with E-state index in [0.29, 0.717) is 12.8 Å². The second kappa shape index (κ2) is 8.48. The van der Waals surface area contributed by atoms with Crippen LogP contribution in [0.1, 0.15) is 41.0 Å². The monoisotopic (exact) mass is 393 g/mol. The van der Waals surface area contributed by atoms with E-state index in [1.807, 2.05) is 29.6 Å². The van der Waals surface area contributed by atoms with E-state index in [1.165, 1.54) is 5.56 Å². The number of ether oxygens (including phenoxy) is 2. The lowest BCUT2D eigenvalue weighted by molar-refractivity contribution is -0.121. The lowest BCUT2D eigenvalue weighted by Gasteiger charge is -2.18. The molecule has 3 aromatic rings. The Morgan fingerprint density at radius 1 is 1.07 bits per heavy atom. The Bertz CT molecular complexity index is 935. The average molecular weight is 394 g/mol. The number of nitrogens with one attached hydrogen (secondary N) is 1. The summed E-state index contributed by atoms with van der Waals surface area (Å²) in [6.45, 7) is 2.41. The third-order valence-electron chi connectivity index (χ3n) is 4.93. The first-order valence-corrected chi connectivity index (χ1v) is 10.4. The van der Waals surface area contributed by atoms with Gasteiger partial charge in [0.15, 0.2) is 11.5 Å². The minimum Gasteiger partial charge on any atom is -0.454 e. The number of fused-ring (bicyclic) bond motifs is 1. The molecule has 0 aliphatic carbocycles. The molecule has 4 rings (SSSR count). The summed E-state index contributed by atoms with van der Waals surface area (Å²) in [5.74, 6) is 1.56. The molecule has 1 aromatic heterocycles. The molecule has 144 valence electrons. The maximum absolute atomic E-state index is 12.7. The number of benzene rings is 2. The number of carbonyl (C=O) groups excluding carboxylic acids is 1. The van der Waals surface area contributed by atoms with Crippen LogP contribution in [0.3, 0.4) is 0 Å². The molecular formula is C23H23NO3S. The van der Waals surface area contributed by atoms with Crippen molar-refractivity contribution >= 4 is 17.2 Å². The van der Waals surface area contributed by atoms with Crippen LogP contribution in [0.4, 0.5) is 0 Å². The molecule has 0 radical (unpaired) electrons. The van der Waals surface area contributed by atoms with Gasteiger partial charge in [0.25, 0.3) is 0 Å². The molecular weight excluding hydrogens is 370 g/mol. The maximum atomic E-state index is 12.7. The number of rotatable bonds is 7. The minimum atomic E-state index is -0.116. The second-order valence-electron chi connectivity index (χ2n) is 6.80. The topological polar surface area (TPSA) is 47.6 Å². The van der Waals surface area contributed by atoms with Crippen LogP contribution in [0.25, 0.3) is 0 Å². The van der Waals surface area contributed by atoms with Crippen molar-refractivity contribution in [3.05, 3.63) is 81.5 Å². The lowest BCUT2D eigenvalue weighted by atomic mass is 10.0. The number of aryl methyl sites for hydroxylation is 2. The fraction of sp³-hybridized carbons (Fsp3) is 0.261. The normalized spacial score (nSPS) is 13.3. The number of amides is 1. The fourth-order valence-corrected chi connectivity index (χ4v) is 4.11. The Kier molecular flexibility index (Phi) is 5.63. The summed E-state index contributed by atoms with van der Waals surface area (Å²) in [7, 11) is 0. The third-order valence-corrected chi connectivity index (χ3v) is 5.87. The molecule has 0 spiro atoms. The van der Waals surface area contributed by atoms with Gasteiger partial charge in [-0.25, -0.2) is 0 Å². The summed E-state index contributed by atoms with van der Waals surface area (Å²) in [6.07, 6.45) is 2.09. The molecule has 1 aliphatic rings. The van der Waals surface area contributed by atoms with E-state index in [2.05, 4.69) is 42.6 Å². The van der Waals surface area contributed by atoms with Gasteiger partial charge in [0.05, 0.1) is 6.04 Å². The highest BCUT2D eigenvalue weighted by atomic mass is 32.1. The van der Waals surface area contributed by atoms with Gasteiger partial charge in [-0.15, -0.1) is 11.3 Å². The van der Waals surface area contributed by atoms with Crippen LogP contribution in [-0.4, -0.2) is 12.7 Å². The van der Waals surface area contributed by atoms with Crippen LogP contribution < -0.4 is 14.8 Å². The molecule has 4 nitrogen and oxygen atoms in total. The summed E-state index contributed by atoms with van der Waals surface area (Å²) in [6, 6.07) is 18.3. The van der Waals surface area contributed by atoms with E-state index in [4.69, 9.17) is 9.47 Å². The first-order chi connectivity index (χ1) is 13.7. The van der Waals surface area contributed by atoms with Gasteiger partial charge in [0.1, 0.15) is 0 Å². The quantitative estimate of drug-likeness (QED) is 0.622. The number of carbonyl (C=O) groups is 1. The maximum Gasteiger partial charge on any atom is 0.231 e. The Morgan fingerprint density at radius 3 is 2.61 bits per heavy atom. The average Bonchev–Trinajstić information content (AvgIpc) is 3.42. The van der Waals surface area contributed by atoms with E-state index in [9.17, 15) is 4.79 Å². The molecule has 1 amide bonds. The molecule has 2 heterocycles. The number of thiophene rings is 1. The Morgan fingerprint density at radius 2 is 1.86 bits per heavy atom. The Hall–Kier alpha value is -2.79. The SMILES string of the molecule is CCc1ccc(C(NC(=O)CCc2ccc3c(c2)OCO3)c2cccs2)cc1. The summed E-state index contributed by atoms with van der Waals surface area (Å²) in [5, 5.41) is 5.25. The molecule has 1 aliphatic heterocycles. The third kappa shape index (κ3) is 4.20. The van der Waals surface area contributed by atoms with Gasteiger partial charge in [0, 0.05) is 11.3 Å². The molecule has 5 heteroatoms. The van der Waals surface area contributed by atoms with E-state index in [1.54, 1.807) is 11.3 Å². The van der Waals surface area contributed by atoms with Crippen molar-refractivity contribution in [2.45, 2.75) is 32.2 Å². The molecule has 0 saturated heterocycles. The van der Waals surface area contributed by atoms with Crippen LogP contribution >= 0.6 is 11.3 Å². The van der Waals surface area contributed by atoms with Gasteiger partial charge in [0.2, 0.25) is 12.7 Å². The molecule has 0 saturated carbocycles. The Labute approximate surface area is 169 Å². The van der Waals surface area contributed by atoms with Crippen LogP contribution in [0.15, 0.2) is 60.0 Å². The van der Waals surface area contributed by atoms with Crippen molar-refractivity contribution < 1.29 is 14.3 Å². The van der Waals surface area contributed by atoms with Gasteiger partial charge in [-0.05, 0) is 53.1 Å². The number of hydrogen-bond acceptors (Lipinski definition) is 4. The van der Waals surface area contributed by atoms with Crippen molar-refractivity contribution in [1.29, 1.82) is 0 Å². The van der Waals surface area contributed by atoms with Crippen molar-refractivity contribution in [3.8, 4) is 11.5 Å². The molecule has 2 aromatic carbocycles. The fourth-order valence-electron chi connectivity index (χ4n) is 3.31. The standard InChI is InChI=1S/C23H23NO3S/c1-2-16-5-9-18(10-6-16)23(21-4-3-13-28-21)24-22(25)12-8-17-7-11-19-20(14-17)27-15-26-19/h3-7,9-11,13-14,23H,2,8,12,15H2,1H3,(H,24,25). The first kappa shape index (κ1) is 18.6. The van der Waals surface area contributed by atoms with Crippen molar-refractivity contribution in [3.63, 3.8) is 0 Å². The minimum absolute atomic E-state index is 0.0376. The second-order valence-corrected chi connectivity index (χ2v) is 7.78. The molecule has 0 fully saturated rings. The highest BCUT2D eigenvalue weighted by Gasteiger charge is 2.18. The van der Waals surface area contributed by atoms with Crippen LogP contribution in [0.5, 0.6) is 11.5 Å². The zero-order chi connectivity index (χ0) is 19.3. The van der Waals surface area contributed by atoms with Gasteiger partial charge < -0.3 is 14.8 Å². The molecule has 1 unspecified atom stereocenters. The van der Waals surface area contributed by atoms with Gasteiger partial charge >= 0.3 is 0 Å². The van der Waals surface area contributed by atoms with Crippen molar-refractivity contribution in [2.24, 2.45) is 0 Å². The van der Waals surface area contributed by atoms with Crippen molar-refractivity contribution in [2.75, 3.05) is 6.79 Å². The van der Waals surface area contributed by atoms with Gasteiger partial charge in [-0.2, -0.15) is 0 Å². The van der Waals surface area contributed by atoms with Crippen molar-refractivity contribution in [1.82, 2.24) is 5.32 Å². The highest BCUT2D eigenvalue weighted by molar-refractivity contribution is 7.10. The van der Waals surface area contributed by atoms with Gasteiger partial charge in [-0.3, -0.25) is 4.79 Å². The zero-order valence-corrected chi connectivity index (χ0v) is 16.6. The Balaban J connectivity index is 1.43. The summed E-state index contributed by atoms with van der Waals surface area (Å²) in [4.78, 5) is 13.8. The van der Waals surface area contributed by atoms with Crippen LogP contribution in [0.2, 0.25) is 0 Å². The molecule has 1 atom stereocenters. The van der Waals surface area contributed by atoms with E-state index in [-0.39, 0.29) is 18.7 Å². The zero-order valence-electron chi connectivity index (χ0n) is 15.8. The molecule has 1 N–H and O–H groups in total. The smallest absolute Gasteiger partial charge is 0.231 e. The van der Waals surface area contributed by atoms with Crippen LogP contribution in [-0.2, 0) is 17.6 Å². The largest absolute Gasteiger partial charge is 0.454 e. The lowest BCUT2D eigenvalue weighted by Crippen LogP contribution is -2.29. The predicted molar refractivity (Wildman–Crippen MR) is 111 cm³/mol. The van der Waals surface area contributed by atoms with E-state index in [0.717, 1.165) is 33.9 Å². The number of hydrogen-bond donors (Lipinski definition) is 1. The summed E-state index contributed by atoms with van der Waals surface area (Å²) >= 11 is 1.66. The highest BCUT2D eigenvalue weighted by Crippen LogP contribution is 2.33. The van der Waals surface area contributed by atoms with E-state index >= 15 is 0 Å². The first-order valence-electron chi connectivity index (χ1n) is 9.53. The predicted octanol–water partition coefficient (Wildman–Crippen LogP) is 4.88. The van der Waals surface area contributed by atoms with E-state index < -0.39 is 0 Å². The summed E-state index contributed by atoms with van der Waals surface area (Å²) in [5.41, 5.74) is 3.47. The van der Waals surface area contributed by atoms with Crippen LogP contribution in [0, 0.1) is 0 Å². The molecule has 0 bridgehead atoms. The molecule has 28 heavy (non-hydrogen) atoms. The van der Waals surface area contributed by atoms with Gasteiger partial charge in [-0.1, -0.05) is 43.3 Å². The summed E-state index contributed by atoms with van der Waals surface area (Å²) < 4.78 is 10.8.